The number of para-hydroxylation sites is 1. The Kier molecular flexibility index (Phi) is 6.93. The molecule has 114 valence electrons. The number of aliphatic hydroxyl groups excluding tert-OH is 1. The summed E-state index contributed by atoms with van der Waals surface area (Å²) in [6, 6.07) is 9.57. The number of hydrogen-bond acceptors (Lipinski definition) is 5. The number of aliphatic hydroxyl groups is 1. The maximum absolute atomic E-state index is 9.55. The van der Waals surface area contributed by atoms with Gasteiger partial charge >= 0.3 is 11.9 Å². The highest BCUT2D eigenvalue weighted by Gasteiger charge is 2.26. The molecule has 2 atom stereocenters. The van der Waals surface area contributed by atoms with Gasteiger partial charge in [0.05, 0.1) is 0 Å². The molecule has 1 aliphatic rings. The van der Waals surface area contributed by atoms with Crippen molar-refractivity contribution in [2.75, 3.05) is 13.1 Å². The van der Waals surface area contributed by atoms with E-state index in [1.54, 1.807) is 0 Å². The highest BCUT2D eigenvalue weighted by Crippen LogP contribution is 2.14. The lowest BCUT2D eigenvalue weighted by atomic mass is 10.2. The molecule has 7 nitrogen and oxygen atoms in total. The molecule has 1 aliphatic heterocycles. The first-order chi connectivity index (χ1) is 9.99. The Morgan fingerprint density at radius 2 is 1.67 bits per heavy atom. The summed E-state index contributed by atoms with van der Waals surface area (Å²) < 4.78 is 5.58. The van der Waals surface area contributed by atoms with Gasteiger partial charge in [-0.3, -0.25) is 0 Å². The zero-order valence-corrected chi connectivity index (χ0v) is 11.2. The topological polar surface area (TPSA) is 116 Å². The van der Waals surface area contributed by atoms with Crippen LogP contribution in [0.3, 0.4) is 0 Å². The molecule has 0 radical (unpaired) electrons. The number of β-amino-alcohol motifs (C(OH)–C–C–N with tert-alkyl or cyclic N) is 1. The molecule has 2 rings (SSSR count). The predicted octanol–water partition coefficient (Wildman–Crippen LogP) is 0.110. The van der Waals surface area contributed by atoms with Crippen molar-refractivity contribution in [2.45, 2.75) is 12.2 Å². The van der Waals surface area contributed by atoms with Gasteiger partial charge in [0, 0.05) is 25.2 Å². The first-order valence-corrected chi connectivity index (χ1v) is 6.23. The molecular formula is C14H17NO6. The highest BCUT2D eigenvalue weighted by molar-refractivity contribution is 5.89. The first-order valence-electron chi connectivity index (χ1n) is 6.23. The van der Waals surface area contributed by atoms with E-state index in [2.05, 4.69) is 5.32 Å². The van der Waals surface area contributed by atoms with Gasteiger partial charge in [-0.25, -0.2) is 9.59 Å². The van der Waals surface area contributed by atoms with Crippen LogP contribution in [0.2, 0.25) is 0 Å². The second-order valence-electron chi connectivity index (χ2n) is 4.20. The molecule has 1 saturated heterocycles. The van der Waals surface area contributed by atoms with Crippen LogP contribution < -0.4 is 10.1 Å². The Hall–Kier alpha value is -2.38. The van der Waals surface area contributed by atoms with E-state index in [0.717, 1.165) is 12.3 Å². The summed E-state index contributed by atoms with van der Waals surface area (Å²) in [5.41, 5.74) is 0. The maximum Gasteiger partial charge on any atom is 0.328 e. The second-order valence-corrected chi connectivity index (χ2v) is 4.20. The Balaban J connectivity index is 0.000000240. The van der Waals surface area contributed by atoms with Crippen LogP contribution in [0.25, 0.3) is 0 Å². The summed E-state index contributed by atoms with van der Waals surface area (Å²) in [7, 11) is 0. The van der Waals surface area contributed by atoms with Gasteiger partial charge in [0.2, 0.25) is 0 Å². The normalized spacial score (nSPS) is 20.6. The second kappa shape index (κ2) is 8.72. The van der Waals surface area contributed by atoms with Gasteiger partial charge in [-0.15, -0.1) is 0 Å². The minimum absolute atomic E-state index is 0.109. The molecule has 0 aromatic heterocycles. The van der Waals surface area contributed by atoms with E-state index in [1.165, 1.54) is 0 Å². The molecule has 1 heterocycles. The first kappa shape index (κ1) is 16.7. The standard InChI is InChI=1S/C10H13NO2.C4H4O4/c12-9-6-11-7-10(9)13-8-4-2-1-3-5-8;5-3(6)1-2-4(7)8/h1-5,9-12H,6-7H2;1-2H,(H,5,6)(H,7,8). The fourth-order valence-electron chi connectivity index (χ4n) is 1.58. The summed E-state index contributed by atoms with van der Waals surface area (Å²) in [4.78, 5) is 19.1. The zero-order valence-electron chi connectivity index (χ0n) is 11.2. The molecule has 7 heteroatoms. The van der Waals surface area contributed by atoms with Crippen molar-refractivity contribution in [3.63, 3.8) is 0 Å². The third-order valence-corrected chi connectivity index (χ3v) is 2.53. The summed E-state index contributed by atoms with van der Waals surface area (Å²) in [6.07, 6.45) is 0.618. The molecule has 1 aromatic carbocycles. The maximum atomic E-state index is 9.55. The van der Waals surface area contributed by atoms with E-state index in [0.29, 0.717) is 18.7 Å². The minimum atomic E-state index is -1.26. The van der Waals surface area contributed by atoms with Gasteiger partial charge in [0.1, 0.15) is 18.0 Å². The molecule has 0 aliphatic carbocycles. The number of nitrogens with one attached hydrogen (secondary N) is 1. The van der Waals surface area contributed by atoms with Crippen molar-refractivity contribution in [2.24, 2.45) is 0 Å². The molecular weight excluding hydrogens is 278 g/mol. The van der Waals surface area contributed by atoms with Crippen molar-refractivity contribution in [3.05, 3.63) is 42.5 Å². The molecule has 4 N–H and O–H groups in total. The third kappa shape index (κ3) is 7.09. The molecule has 2 unspecified atom stereocenters. The number of rotatable bonds is 4. The monoisotopic (exact) mass is 295 g/mol. The van der Waals surface area contributed by atoms with E-state index in [9.17, 15) is 14.7 Å². The molecule has 1 fully saturated rings. The van der Waals surface area contributed by atoms with Crippen molar-refractivity contribution in [1.82, 2.24) is 5.32 Å². The summed E-state index contributed by atoms with van der Waals surface area (Å²) in [6.45, 7) is 1.34. The van der Waals surface area contributed by atoms with E-state index < -0.39 is 11.9 Å². The van der Waals surface area contributed by atoms with E-state index in [1.807, 2.05) is 30.3 Å². The van der Waals surface area contributed by atoms with Gasteiger partial charge in [0.25, 0.3) is 0 Å². The smallest absolute Gasteiger partial charge is 0.328 e. The van der Waals surface area contributed by atoms with Crippen LogP contribution >= 0.6 is 0 Å². The summed E-state index contributed by atoms with van der Waals surface area (Å²) in [5.74, 6) is -1.70. The molecule has 0 bridgehead atoms. The average Bonchev–Trinajstić information content (AvgIpc) is 2.84. The van der Waals surface area contributed by atoms with Crippen LogP contribution in [-0.2, 0) is 9.59 Å². The lowest BCUT2D eigenvalue weighted by Crippen LogP contribution is -2.29. The summed E-state index contributed by atoms with van der Waals surface area (Å²) in [5, 5.41) is 28.2. The number of ether oxygens (including phenoxy) is 1. The fraction of sp³-hybridized carbons (Fsp3) is 0.286. The van der Waals surface area contributed by atoms with E-state index in [4.69, 9.17) is 14.9 Å². The van der Waals surface area contributed by atoms with Crippen LogP contribution in [0.1, 0.15) is 0 Å². The molecule has 0 amide bonds. The Labute approximate surface area is 121 Å². The Morgan fingerprint density at radius 3 is 2.10 bits per heavy atom. The van der Waals surface area contributed by atoms with Gasteiger partial charge in [-0.05, 0) is 12.1 Å². The van der Waals surface area contributed by atoms with Crippen LogP contribution in [0.5, 0.6) is 5.75 Å². The number of benzene rings is 1. The summed E-state index contributed by atoms with van der Waals surface area (Å²) >= 11 is 0. The van der Waals surface area contributed by atoms with E-state index in [-0.39, 0.29) is 12.2 Å². The van der Waals surface area contributed by atoms with E-state index >= 15 is 0 Å². The van der Waals surface area contributed by atoms with Crippen molar-refractivity contribution >= 4 is 11.9 Å². The van der Waals surface area contributed by atoms with Gasteiger partial charge in [0.15, 0.2) is 0 Å². The van der Waals surface area contributed by atoms with Gasteiger partial charge in [-0.2, -0.15) is 0 Å². The number of hydrogen-bond donors (Lipinski definition) is 4. The quantitative estimate of drug-likeness (QED) is 0.582. The number of carbonyl (C=O) groups is 2. The molecule has 0 saturated carbocycles. The van der Waals surface area contributed by atoms with Crippen LogP contribution in [0, 0.1) is 0 Å². The van der Waals surface area contributed by atoms with Gasteiger partial charge < -0.3 is 25.4 Å². The Morgan fingerprint density at radius 1 is 1.10 bits per heavy atom. The lowest BCUT2D eigenvalue weighted by Gasteiger charge is -2.15. The van der Waals surface area contributed by atoms with Crippen LogP contribution in [-0.4, -0.2) is 52.6 Å². The van der Waals surface area contributed by atoms with Gasteiger partial charge in [-0.1, -0.05) is 18.2 Å². The molecule has 21 heavy (non-hydrogen) atoms. The number of carboxylic acid groups (broad SMARTS) is 2. The SMILES string of the molecule is O=C(O)C=CC(=O)O.OC1CNCC1Oc1ccccc1. The minimum Gasteiger partial charge on any atom is -0.486 e. The van der Waals surface area contributed by atoms with Crippen molar-refractivity contribution in [3.8, 4) is 5.75 Å². The van der Waals surface area contributed by atoms with Crippen molar-refractivity contribution < 1.29 is 29.6 Å². The highest BCUT2D eigenvalue weighted by atomic mass is 16.5. The largest absolute Gasteiger partial charge is 0.486 e. The lowest BCUT2D eigenvalue weighted by molar-refractivity contribution is -0.134. The van der Waals surface area contributed by atoms with Crippen molar-refractivity contribution in [1.29, 1.82) is 0 Å². The Bertz CT molecular complexity index is 471. The number of carboxylic acids is 2. The van der Waals surface area contributed by atoms with Crippen LogP contribution in [0.15, 0.2) is 42.5 Å². The fourth-order valence-corrected chi connectivity index (χ4v) is 1.58. The molecule has 1 aromatic rings. The predicted molar refractivity (Wildman–Crippen MR) is 74.1 cm³/mol. The number of aliphatic carboxylic acids is 2. The average molecular weight is 295 g/mol. The molecule has 0 spiro atoms. The third-order valence-electron chi connectivity index (χ3n) is 2.53. The zero-order chi connectivity index (χ0) is 15.7. The van der Waals surface area contributed by atoms with Crippen LogP contribution in [0.4, 0.5) is 0 Å².